The zero-order chi connectivity index (χ0) is 16.4. The van der Waals surface area contributed by atoms with Gasteiger partial charge in [-0.1, -0.05) is 18.2 Å². The molecule has 0 saturated carbocycles. The number of anilines is 1. The van der Waals surface area contributed by atoms with E-state index >= 15 is 0 Å². The molecule has 0 atom stereocenters. The highest BCUT2D eigenvalue weighted by molar-refractivity contribution is 5.93. The summed E-state index contributed by atoms with van der Waals surface area (Å²) in [5.74, 6) is -0.0423. The summed E-state index contributed by atoms with van der Waals surface area (Å²) in [6.45, 7) is 5.99. The van der Waals surface area contributed by atoms with E-state index in [1.807, 2.05) is 36.9 Å². The largest absolute Gasteiger partial charge is 0.396 e. The van der Waals surface area contributed by atoms with Gasteiger partial charge in [0.05, 0.1) is 6.54 Å². The molecule has 1 aromatic carbocycles. The summed E-state index contributed by atoms with van der Waals surface area (Å²) in [4.78, 5) is 14.3. The number of aliphatic hydroxyl groups excluding tert-OH is 2. The van der Waals surface area contributed by atoms with E-state index in [1.54, 1.807) is 0 Å². The lowest BCUT2D eigenvalue weighted by molar-refractivity contribution is -0.117. The van der Waals surface area contributed by atoms with Gasteiger partial charge in [0.25, 0.3) is 0 Å². The Hall–Kier alpha value is -1.43. The molecule has 124 valence electrons. The molecule has 1 aromatic rings. The SMILES string of the molecule is Cc1cccc(C)c1NC(=O)CN(CCCO)CCCCO. The maximum atomic E-state index is 12.3. The van der Waals surface area contributed by atoms with Gasteiger partial charge in [-0.15, -0.1) is 0 Å². The number of aliphatic hydroxyl groups is 2. The Morgan fingerprint density at radius 2 is 1.64 bits per heavy atom. The third kappa shape index (κ3) is 6.56. The molecule has 0 aliphatic heterocycles. The monoisotopic (exact) mass is 308 g/mol. The number of amides is 1. The number of unbranched alkanes of at least 4 members (excludes halogenated alkanes) is 1. The van der Waals surface area contributed by atoms with Crippen molar-refractivity contribution in [1.82, 2.24) is 4.90 Å². The van der Waals surface area contributed by atoms with E-state index in [4.69, 9.17) is 10.2 Å². The maximum Gasteiger partial charge on any atom is 0.238 e. The standard InChI is InChI=1S/C17H28N2O3/c1-14-7-5-8-15(2)17(14)18-16(22)13-19(10-6-12-21)9-3-4-11-20/h5,7-8,20-21H,3-4,6,9-13H2,1-2H3,(H,18,22). The molecule has 0 fully saturated rings. The molecule has 0 saturated heterocycles. The second kappa shape index (κ2) is 10.3. The van der Waals surface area contributed by atoms with Crippen LogP contribution in [-0.2, 0) is 4.79 Å². The number of rotatable bonds is 10. The number of hydrogen-bond acceptors (Lipinski definition) is 4. The van der Waals surface area contributed by atoms with E-state index < -0.39 is 0 Å². The molecule has 0 aliphatic carbocycles. The van der Waals surface area contributed by atoms with Crippen LogP contribution in [0.5, 0.6) is 0 Å². The molecule has 0 radical (unpaired) electrons. The van der Waals surface area contributed by atoms with Gasteiger partial charge in [-0.25, -0.2) is 0 Å². The Morgan fingerprint density at radius 1 is 1.05 bits per heavy atom. The molecule has 1 amide bonds. The molecule has 0 heterocycles. The minimum Gasteiger partial charge on any atom is -0.396 e. The van der Waals surface area contributed by atoms with Gasteiger partial charge in [0, 0.05) is 25.4 Å². The second-order valence-electron chi connectivity index (χ2n) is 5.60. The maximum absolute atomic E-state index is 12.3. The predicted molar refractivity (Wildman–Crippen MR) is 89.0 cm³/mol. The molecule has 0 spiro atoms. The van der Waals surface area contributed by atoms with Crippen molar-refractivity contribution in [3.63, 3.8) is 0 Å². The topological polar surface area (TPSA) is 72.8 Å². The Morgan fingerprint density at radius 3 is 2.23 bits per heavy atom. The van der Waals surface area contributed by atoms with Gasteiger partial charge in [0.15, 0.2) is 0 Å². The van der Waals surface area contributed by atoms with Gasteiger partial charge < -0.3 is 15.5 Å². The van der Waals surface area contributed by atoms with Crippen LogP contribution in [0.1, 0.15) is 30.4 Å². The molecule has 5 heteroatoms. The Bertz CT molecular complexity index is 443. The second-order valence-corrected chi connectivity index (χ2v) is 5.60. The number of nitrogens with one attached hydrogen (secondary N) is 1. The van der Waals surface area contributed by atoms with Crippen LogP contribution in [0.3, 0.4) is 0 Å². The Balaban J connectivity index is 2.57. The molecule has 1 rings (SSSR count). The summed E-state index contributed by atoms with van der Waals surface area (Å²) in [6.07, 6.45) is 2.22. The number of para-hydroxylation sites is 1. The first-order valence-corrected chi connectivity index (χ1v) is 7.88. The highest BCUT2D eigenvalue weighted by Crippen LogP contribution is 2.19. The van der Waals surface area contributed by atoms with Crippen molar-refractivity contribution in [1.29, 1.82) is 0 Å². The van der Waals surface area contributed by atoms with E-state index in [0.717, 1.165) is 36.2 Å². The third-order valence-electron chi connectivity index (χ3n) is 3.63. The third-order valence-corrected chi connectivity index (χ3v) is 3.63. The summed E-state index contributed by atoms with van der Waals surface area (Å²) >= 11 is 0. The van der Waals surface area contributed by atoms with Crippen molar-refractivity contribution in [2.45, 2.75) is 33.1 Å². The van der Waals surface area contributed by atoms with Crippen molar-refractivity contribution < 1.29 is 15.0 Å². The van der Waals surface area contributed by atoms with Crippen molar-refractivity contribution in [3.8, 4) is 0 Å². The van der Waals surface area contributed by atoms with Crippen molar-refractivity contribution in [3.05, 3.63) is 29.3 Å². The average molecular weight is 308 g/mol. The van der Waals surface area contributed by atoms with Crippen LogP contribution in [0, 0.1) is 13.8 Å². The zero-order valence-electron chi connectivity index (χ0n) is 13.6. The number of benzene rings is 1. The molecule has 0 aromatic heterocycles. The van der Waals surface area contributed by atoms with Gasteiger partial charge in [-0.2, -0.15) is 0 Å². The predicted octanol–water partition coefficient (Wildman–Crippen LogP) is 1.70. The Kier molecular flexibility index (Phi) is 8.74. The number of aryl methyl sites for hydroxylation is 2. The molecule has 3 N–H and O–H groups in total. The summed E-state index contributed by atoms with van der Waals surface area (Å²) in [6, 6.07) is 5.93. The normalized spacial score (nSPS) is 11.0. The first kappa shape index (κ1) is 18.6. The minimum absolute atomic E-state index is 0.0423. The highest BCUT2D eigenvalue weighted by Gasteiger charge is 2.12. The number of hydrogen-bond donors (Lipinski definition) is 3. The van der Waals surface area contributed by atoms with Crippen LogP contribution in [0.2, 0.25) is 0 Å². The summed E-state index contributed by atoms with van der Waals surface area (Å²) in [5, 5.41) is 20.8. The van der Waals surface area contributed by atoms with Gasteiger partial charge in [0.1, 0.15) is 0 Å². The molecule has 5 nitrogen and oxygen atoms in total. The van der Waals surface area contributed by atoms with Crippen molar-refractivity contribution in [2.24, 2.45) is 0 Å². The van der Waals surface area contributed by atoms with E-state index in [1.165, 1.54) is 0 Å². The molecule has 0 bridgehead atoms. The quantitative estimate of drug-likeness (QED) is 0.575. The molecular weight excluding hydrogens is 280 g/mol. The fourth-order valence-corrected chi connectivity index (χ4v) is 2.41. The number of nitrogens with zero attached hydrogens (tertiary/aromatic N) is 1. The van der Waals surface area contributed by atoms with Gasteiger partial charge in [-0.3, -0.25) is 9.69 Å². The van der Waals surface area contributed by atoms with E-state index in [9.17, 15) is 4.79 Å². The summed E-state index contributed by atoms with van der Waals surface area (Å²) in [7, 11) is 0. The smallest absolute Gasteiger partial charge is 0.238 e. The van der Waals surface area contributed by atoms with Crippen molar-refractivity contribution >= 4 is 11.6 Å². The highest BCUT2D eigenvalue weighted by atomic mass is 16.3. The van der Waals surface area contributed by atoms with E-state index in [0.29, 0.717) is 19.5 Å². The summed E-state index contributed by atoms with van der Waals surface area (Å²) < 4.78 is 0. The van der Waals surface area contributed by atoms with Gasteiger partial charge >= 0.3 is 0 Å². The molecule has 0 unspecified atom stereocenters. The van der Waals surface area contributed by atoms with Gasteiger partial charge in [0.2, 0.25) is 5.91 Å². The molecular formula is C17H28N2O3. The fraction of sp³-hybridized carbons (Fsp3) is 0.588. The van der Waals surface area contributed by atoms with Crippen LogP contribution >= 0.6 is 0 Å². The minimum atomic E-state index is -0.0423. The van der Waals surface area contributed by atoms with Crippen LogP contribution in [-0.4, -0.2) is 53.9 Å². The number of carbonyl (C=O) groups excluding carboxylic acids is 1. The van der Waals surface area contributed by atoms with E-state index in [2.05, 4.69) is 5.32 Å². The van der Waals surface area contributed by atoms with Crippen LogP contribution < -0.4 is 5.32 Å². The van der Waals surface area contributed by atoms with Crippen LogP contribution in [0.4, 0.5) is 5.69 Å². The van der Waals surface area contributed by atoms with Gasteiger partial charge in [-0.05, 0) is 50.8 Å². The number of carbonyl (C=O) groups is 1. The van der Waals surface area contributed by atoms with Crippen LogP contribution in [0.15, 0.2) is 18.2 Å². The zero-order valence-corrected chi connectivity index (χ0v) is 13.6. The lowest BCUT2D eigenvalue weighted by atomic mass is 10.1. The lowest BCUT2D eigenvalue weighted by Crippen LogP contribution is -2.35. The van der Waals surface area contributed by atoms with Crippen LogP contribution in [0.25, 0.3) is 0 Å². The first-order valence-electron chi connectivity index (χ1n) is 7.88. The average Bonchev–Trinajstić information content (AvgIpc) is 2.48. The van der Waals surface area contributed by atoms with Crippen molar-refractivity contribution in [2.75, 3.05) is 38.2 Å². The lowest BCUT2D eigenvalue weighted by Gasteiger charge is -2.22. The fourth-order valence-electron chi connectivity index (χ4n) is 2.41. The Labute approximate surface area is 133 Å². The van der Waals surface area contributed by atoms with E-state index in [-0.39, 0.29) is 19.1 Å². The first-order chi connectivity index (χ1) is 10.6. The molecule has 0 aliphatic rings. The summed E-state index contributed by atoms with van der Waals surface area (Å²) in [5.41, 5.74) is 2.98. The molecule has 22 heavy (non-hydrogen) atoms.